The van der Waals surface area contributed by atoms with Gasteiger partial charge in [-0.15, -0.1) is 0 Å². The van der Waals surface area contributed by atoms with Gasteiger partial charge in [-0.2, -0.15) is 0 Å². The first-order chi connectivity index (χ1) is 11.6. The molecule has 4 rings (SSSR count). The lowest BCUT2D eigenvalue weighted by atomic mass is 10.1. The lowest BCUT2D eigenvalue weighted by molar-refractivity contribution is 0.628. The van der Waals surface area contributed by atoms with Crippen LogP contribution in [0.15, 0.2) is 65.1 Å². The molecule has 4 aromatic rings. The van der Waals surface area contributed by atoms with Crippen LogP contribution in [0, 0.1) is 5.82 Å². The van der Waals surface area contributed by atoms with Gasteiger partial charge in [0.25, 0.3) is 0 Å². The van der Waals surface area contributed by atoms with Crippen molar-refractivity contribution in [3.05, 3.63) is 76.0 Å². The number of hydrogen-bond acceptors (Lipinski definition) is 2. The molecule has 0 saturated heterocycles. The summed E-state index contributed by atoms with van der Waals surface area (Å²) in [6.07, 6.45) is 0. The molecule has 5 heteroatoms. The molecule has 0 bridgehead atoms. The second kappa shape index (κ2) is 6.04. The van der Waals surface area contributed by atoms with Crippen LogP contribution in [0.2, 0.25) is 5.02 Å². The highest BCUT2D eigenvalue weighted by atomic mass is 79.9. The Kier molecular flexibility index (Phi) is 3.87. The van der Waals surface area contributed by atoms with Crippen LogP contribution in [0.5, 0.6) is 0 Å². The summed E-state index contributed by atoms with van der Waals surface area (Å²) in [4.78, 5) is 4.69. The SMILES string of the molecule is Fc1ccc(Nc2c3ccc(Cl)cc3nc3ccc(Br)cc23)cc1. The second-order valence-corrected chi connectivity index (χ2v) is 6.79. The van der Waals surface area contributed by atoms with E-state index in [1.807, 2.05) is 36.4 Å². The summed E-state index contributed by atoms with van der Waals surface area (Å²) in [5.41, 5.74) is 3.39. The molecule has 0 amide bonds. The Morgan fingerprint density at radius 3 is 2.46 bits per heavy atom. The minimum Gasteiger partial charge on any atom is -0.354 e. The van der Waals surface area contributed by atoms with E-state index < -0.39 is 0 Å². The second-order valence-electron chi connectivity index (χ2n) is 5.44. The molecule has 0 unspecified atom stereocenters. The van der Waals surface area contributed by atoms with Crippen molar-refractivity contribution >= 4 is 60.7 Å². The third kappa shape index (κ3) is 2.83. The van der Waals surface area contributed by atoms with E-state index in [4.69, 9.17) is 16.6 Å². The van der Waals surface area contributed by atoms with E-state index in [0.717, 1.165) is 37.7 Å². The monoisotopic (exact) mass is 400 g/mol. The number of fused-ring (bicyclic) bond motifs is 2. The molecule has 1 N–H and O–H groups in total. The molecule has 0 aliphatic heterocycles. The average molecular weight is 402 g/mol. The van der Waals surface area contributed by atoms with Crippen molar-refractivity contribution in [2.75, 3.05) is 5.32 Å². The molecule has 0 spiro atoms. The summed E-state index contributed by atoms with van der Waals surface area (Å²) < 4.78 is 14.1. The Balaban J connectivity index is 2.00. The Labute approximate surface area is 151 Å². The van der Waals surface area contributed by atoms with Gasteiger partial charge < -0.3 is 5.32 Å². The average Bonchev–Trinajstić information content (AvgIpc) is 2.57. The van der Waals surface area contributed by atoms with Crippen LogP contribution in [-0.4, -0.2) is 4.98 Å². The lowest BCUT2D eigenvalue weighted by Gasteiger charge is -2.14. The summed E-state index contributed by atoms with van der Waals surface area (Å²) in [5.74, 6) is -0.264. The van der Waals surface area contributed by atoms with Gasteiger partial charge in [-0.05, 0) is 60.7 Å². The minimum atomic E-state index is -0.264. The standard InChI is InChI=1S/C19H11BrClFN2/c20-11-1-8-17-16(9-11)19(23-14-5-3-13(22)4-6-14)15-7-2-12(21)10-18(15)24-17/h1-10H,(H,23,24). The molecule has 1 heterocycles. The molecule has 24 heavy (non-hydrogen) atoms. The molecule has 0 aliphatic carbocycles. The molecule has 118 valence electrons. The Hall–Kier alpha value is -2.17. The molecular formula is C19H11BrClFN2. The summed E-state index contributed by atoms with van der Waals surface area (Å²) in [6, 6.07) is 17.8. The van der Waals surface area contributed by atoms with Gasteiger partial charge in [0.1, 0.15) is 5.82 Å². The normalized spacial score (nSPS) is 11.1. The molecule has 0 atom stereocenters. The molecule has 1 aromatic heterocycles. The highest BCUT2D eigenvalue weighted by molar-refractivity contribution is 9.10. The molecule has 2 nitrogen and oxygen atoms in total. The number of hydrogen-bond donors (Lipinski definition) is 1. The van der Waals surface area contributed by atoms with Crippen LogP contribution in [0.25, 0.3) is 21.8 Å². The van der Waals surface area contributed by atoms with Crippen molar-refractivity contribution < 1.29 is 4.39 Å². The first-order valence-electron chi connectivity index (χ1n) is 7.31. The van der Waals surface area contributed by atoms with E-state index >= 15 is 0 Å². The van der Waals surface area contributed by atoms with Gasteiger partial charge in [0.05, 0.1) is 16.7 Å². The smallest absolute Gasteiger partial charge is 0.123 e. The zero-order valence-electron chi connectivity index (χ0n) is 12.4. The highest BCUT2D eigenvalue weighted by Gasteiger charge is 2.11. The van der Waals surface area contributed by atoms with Crippen LogP contribution >= 0.6 is 27.5 Å². The molecule has 0 aliphatic rings. The first kappa shape index (κ1) is 15.4. The number of aromatic nitrogens is 1. The van der Waals surface area contributed by atoms with Crippen molar-refractivity contribution in [3.8, 4) is 0 Å². The van der Waals surface area contributed by atoms with Crippen molar-refractivity contribution in [1.82, 2.24) is 4.98 Å². The van der Waals surface area contributed by atoms with Crippen molar-refractivity contribution in [2.24, 2.45) is 0 Å². The van der Waals surface area contributed by atoms with E-state index in [1.54, 1.807) is 12.1 Å². The fourth-order valence-corrected chi connectivity index (χ4v) is 3.23. The Bertz CT molecular complexity index is 1060. The predicted molar refractivity (Wildman–Crippen MR) is 102 cm³/mol. The maximum atomic E-state index is 13.2. The van der Waals surface area contributed by atoms with Crippen molar-refractivity contribution in [1.29, 1.82) is 0 Å². The van der Waals surface area contributed by atoms with Crippen LogP contribution in [0.3, 0.4) is 0 Å². The van der Waals surface area contributed by atoms with Gasteiger partial charge in [0, 0.05) is 26.0 Å². The largest absolute Gasteiger partial charge is 0.354 e. The lowest BCUT2D eigenvalue weighted by Crippen LogP contribution is -1.95. The Morgan fingerprint density at radius 2 is 1.67 bits per heavy atom. The number of rotatable bonds is 2. The number of anilines is 2. The number of halogens is 3. The summed E-state index contributed by atoms with van der Waals surface area (Å²) in [7, 11) is 0. The topological polar surface area (TPSA) is 24.9 Å². The predicted octanol–water partition coefficient (Wildman–Crippen LogP) is 6.69. The third-order valence-electron chi connectivity index (χ3n) is 3.81. The van der Waals surface area contributed by atoms with Crippen LogP contribution in [-0.2, 0) is 0 Å². The number of pyridine rings is 1. The quantitative estimate of drug-likeness (QED) is 0.379. The summed E-state index contributed by atoms with van der Waals surface area (Å²) in [5, 5.41) is 5.96. The molecule has 0 saturated carbocycles. The van der Waals surface area contributed by atoms with Gasteiger partial charge >= 0.3 is 0 Å². The van der Waals surface area contributed by atoms with Gasteiger partial charge in [-0.1, -0.05) is 27.5 Å². The van der Waals surface area contributed by atoms with Gasteiger partial charge in [-0.25, -0.2) is 9.37 Å². The van der Waals surface area contributed by atoms with E-state index in [2.05, 4.69) is 21.2 Å². The van der Waals surface area contributed by atoms with Crippen molar-refractivity contribution in [3.63, 3.8) is 0 Å². The third-order valence-corrected chi connectivity index (χ3v) is 4.54. The molecule has 3 aromatic carbocycles. The fourth-order valence-electron chi connectivity index (χ4n) is 2.70. The number of benzene rings is 3. The van der Waals surface area contributed by atoms with Crippen LogP contribution in [0.1, 0.15) is 0 Å². The van der Waals surface area contributed by atoms with E-state index in [0.29, 0.717) is 5.02 Å². The zero-order chi connectivity index (χ0) is 16.7. The first-order valence-corrected chi connectivity index (χ1v) is 8.48. The van der Waals surface area contributed by atoms with Crippen molar-refractivity contribution in [2.45, 2.75) is 0 Å². The fraction of sp³-hybridized carbons (Fsp3) is 0. The highest BCUT2D eigenvalue weighted by Crippen LogP contribution is 2.35. The van der Waals surface area contributed by atoms with Crippen LogP contribution < -0.4 is 5.32 Å². The Morgan fingerprint density at radius 1 is 0.875 bits per heavy atom. The molecular weight excluding hydrogens is 391 g/mol. The number of nitrogens with one attached hydrogen (secondary N) is 1. The summed E-state index contributed by atoms with van der Waals surface area (Å²) >= 11 is 9.63. The zero-order valence-corrected chi connectivity index (χ0v) is 14.7. The molecule has 0 fully saturated rings. The minimum absolute atomic E-state index is 0.264. The van der Waals surface area contributed by atoms with Gasteiger partial charge in [-0.3, -0.25) is 0 Å². The summed E-state index contributed by atoms with van der Waals surface area (Å²) in [6.45, 7) is 0. The number of nitrogens with zero attached hydrogens (tertiary/aromatic N) is 1. The van der Waals surface area contributed by atoms with Gasteiger partial charge in [0.2, 0.25) is 0 Å². The van der Waals surface area contributed by atoms with E-state index in [1.165, 1.54) is 12.1 Å². The van der Waals surface area contributed by atoms with Gasteiger partial charge in [0.15, 0.2) is 0 Å². The maximum Gasteiger partial charge on any atom is 0.123 e. The molecule has 0 radical (unpaired) electrons. The van der Waals surface area contributed by atoms with Crippen LogP contribution in [0.4, 0.5) is 15.8 Å². The maximum absolute atomic E-state index is 13.2. The van der Waals surface area contributed by atoms with E-state index in [9.17, 15) is 4.39 Å². The van der Waals surface area contributed by atoms with E-state index in [-0.39, 0.29) is 5.82 Å².